The van der Waals surface area contributed by atoms with Crippen LogP contribution in [0.2, 0.25) is 0 Å². The zero-order valence-corrected chi connectivity index (χ0v) is 12.3. The third-order valence-electron chi connectivity index (χ3n) is 2.39. The Morgan fingerprint density at radius 3 is 1.83 bits per heavy atom. The molecule has 0 aromatic heterocycles. The van der Waals surface area contributed by atoms with Gasteiger partial charge in [0.2, 0.25) is 5.91 Å². The average Bonchev–Trinajstić information content (AvgIpc) is 2.22. The van der Waals surface area contributed by atoms with Gasteiger partial charge in [0.25, 0.3) is 0 Å². The van der Waals surface area contributed by atoms with Crippen LogP contribution in [0.4, 0.5) is 0 Å². The van der Waals surface area contributed by atoms with Gasteiger partial charge in [-0.2, -0.15) is 0 Å². The molecule has 0 heterocycles. The molecule has 0 saturated heterocycles. The van der Waals surface area contributed by atoms with Crippen molar-refractivity contribution in [3.05, 3.63) is 0 Å². The summed E-state index contributed by atoms with van der Waals surface area (Å²) in [6, 6.07) is 0. The predicted octanol–water partition coefficient (Wildman–Crippen LogP) is 1.30. The van der Waals surface area contributed by atoms with Crippen molar-refractivity contribution in [2.24, 2.45) is 0 Å². The van der Waals surface area contributed by atoms with E-state index in [1.807, 2.05) is 27.7 Å². The first-order chi connectivity index (χ1) is 8.08. The Hall–Kier alpha value is -0.940. The van der Waals surface area contributed by atoms with Crippen LogP contribution in [0.25, 0.3) is 0 Å². The third kappa shape index (κ3) is 8.20. The molecule has 0 aromatic carbocycles. The van der Waals surface area contributed by atoms with E-state index in [4.69, 9.17) is 9.47 Å². The summed E-state index contributed by atoms with van der Waals surface area (Å²) < 4.78 is 11.1. The maximum atomic E-state index is 11.1. The molecule has 1 amide bonds. The van der Waals surface area contributed by atoms with Crippen LogP contribution >= 0.6 is 0 Å². The number of ketones is 1. The van der Waals surface area contributed by atoms with Crippen molar-refractivity contribution < 1.29 is 19.1 Å². The molecule has 0 aliphatic rings. The van der Waals surface area contributed by atoms with Gasteiger partial charge in [0.05, 0.1) is 11.2 Å². The molecule has 0 spiro atoms. The van der Waals surface area contributed by atoms with Crippen molar-refractivity contribution >= 4 is 11.7 Å². The highest BCUT2D eigenvalue weighted by atomic mass is 16.5. The van der Waals surface area contributed by atoms with Crippen molar-refractivity contribution in [1.29, 1.82) is 0 Å². The number of rotatable bonds is 8. The fourth-order valence-corrected chi connectivity index (χ4v) is 1.76. The number of nitrogens with one attached hydrogen (secondary N) is 1. The summed E-state index contributed by atoms with van der Waals surface area (Å²) in [6.45, 7) is 9.21. The van der Waals surface area contributed by atoms with Gasteiger partial charge in [0.1, 0.15) is 13.2 Å². The minimum atomic E-state index is -0.493. The van der Waals surface area contributed by atoms with E-state index in [0.717, 1.165) is 0 Å². The number of ether oxygens (including phenoxy) is 2. The summed E-state index contributed by atoms with van der Waals surface area (Å²) in [6.07, 6.45) is 0.588. The van der Waals surface area contributed by atoms with Gasteiger partial charge < -0.3 is 14.8 Å². The fourth-order valence-electron chi connectivity index (χ4n) is 1.76. The zero-order valence-electron chi connectivity index (χ0n) is 12.3. The number of likely N-dealkylation sites (N-methyl/N-ethyl adjacent to an activating group) is 1. The largest absolute Gasteiger partial charge is 0.368 e. The number of Topliss-reactive ketones (excluding diaryl/α,β-unsaturated/α-hetero) is 1. The van der Waals surface area contributed by atoms with Gasteiger partial charge >= 0.3 is 0 Å². The normalized spacial score (nSPS) is 12.3. The Morgan fingerprint density at radius 2 is 1.44 bits per heavy atom. The summed E-state index contributed by atoms with van der Waals surface area (Å²) >= 11 is 0. The van der Waals surface area contributed by atoms with Gasteiger partial charge in [-0.15, -0.1) is 0 Å². The minimum absolute atomic E-state index is 0.00726. The van der Waals surface area contributed by atoms with E-state index >= 15 is 0 Å². The lowest BCUT2D eigenvalue weighted by Crippen LogP contribution is -2.40. The summed E-state index contributed by atoms with van der Waals surface area (Å²) in [5.41, 5.74) is -0.968. The Bertz CT molecular complexity index is 297. The monoisotopic (exact) mass is 259 g/mol. The fraction of sp³-hybridized carbons (Fsp3) is 0.846. The summed E-state index contributed by atoms with van der Waals surface area (Å²) in [7, 11) is 1.57. The van der Waals surface area contributed by atoms with Gasteiger partial charge in [-0.1, -0.05) is 0 Å². The molecule has 0 bridgehead atoms. The first-order valence-electron chi connectivity index (χ1n) is 6.06. The van der Waals surface area contributed by atoms with Gasteiger partial charge in [-0.3, -0.25) is 9.59 Å². The molecule has 0 aliphatic heterocycles. The zero-order chi connectivity index (χ0) is 14.4. The van der Waals surface area contributed by atoms with Crippen molar-refractivity contribution in [2.75, 3.05) is 20.3 Å². The van der Waals surface area contributed by atoms with Crippen LogP contribution in [-0.2, 0) is 19.1 Å². The van der Waals surface area contributed by atoms with Gasteiger partial charge in [-0.05, 0) is 34.6 Å². The first-order valence-corrected chi connectivity index (χ1v) is 6.06. The maximum absolute atomic E-state index is 11.1. The SMILES string of the molecule is CNC(=O)COC(C)(C)CC(C)(C)OCC(C)=O. The molecule has 5 heteroatoms. The van der Waals surface area contributed by atoms with Gasteiger partial charge in [0, 0.05) is 13.5 Å². The minimum Gasteiger partial charge on any atom is -0.368 e. The Kier molecular flexibility index (Phi) is 6.49. The molecule has 0 unspecified atom stereocenters. The lowest BCUT2D eigenvalue weighted by molar-refractivity contribution is -0.141. The highest BCUT2D eigenvalue weighted by Crippen LogP contribution is 2.26. The lowest BCUT2D eigenvalue weighted by Gasteiger charge is -2.34. The third-order valence-corrected chi connectivity index (χ3v) is 2.39. The molecule has 0 fully saturated rings. The molecular formula is C13H25NO4. The maximum Gasteiger partial charge on any atom is 0.245 e. The molecule has 0 rings (SSSR count). The van der Waals surface area contributed by atoms with E-state index in [0.29, 0.717) is 6.42 Å². The standard InChI is InChI=1S/C13H25NO4/c1-10(15)7-17-12(2,3)9-13(4,5)18-8-11(16)14-6/h7-9H2,1-6H3,(H,14,16). The predicted molar refractivity (Wildman–Crippen MR) is 69.4 cm³/mol. The number of hydrogen-bond donors (Lipinski definition) is 1. The molecule has 18 heavy (non-hydrogen) atoms. The van der Waals surface area contributed by atoms with Crippen molar-refractivity contribution in [1.82, 2.24) is 5.32 Å². The number of carbonyl (C=O) groups excluding carboxylic acids is 2. The quantitative estimate of drug-likeness (QED) is 0.713. The van der Waals surface area contributed by atoms with E-state index in [1.54, 1.807) is 7.05 Å². The van der Waals surface area contributed by atoms with E-state index in [1.165, 1.54) is 6.92 Å². The van der Waals surface area contributed by atoms with Gasteiger partial charge in [0.15, 0.2) is 5.78 Å². The van der Waals surface area contributed by atoms with Crippen molar-refractivity contribution in [2.45, 2.75) is 52.2 Å². The summed E-state index contributed by atoms with van der Waals surface area (Å²) in [5, 5.41) is 2.50. The van der Waals surface area contributed by atoms with Crippen LogP contribution in [0.3, 0.4) is 0 Å². The molecule has 5 nitrogen and oxygen atoms in total. The molecule has 0 radical (unpaired) electrons. The van der Waals surface area contributed by atoms with E-state index < -0.39 is 11.2 Å². The molecule has 106 valence electrons. The van der Waals surface area contributed by atoms with Crippen LogP contribution < -0.4 is 5.32 Å². The van der Waals surface area contributed by atoms with Crippen LogP contribution in [0.5, 0.6) is 0 Å². The Morgan fingerprint density at radius 1 is 1.00 bits per heavy atom. The Balaban J connectivity index is 4.27. The highest BCUT2D eigenvalue weighted by molar-refractivity contribution is 5.77. The second-order valence-corrected chi connectivity index (χ2v) is 5.65. The van der Waals surface area contributed by atoms with Crippen molar-refractivity contribution in [3.63, 3.8) is 0 Å². The first kappa shape index (κ1) is 17.1. The molecule has 0 aromatic rings. The van der Waals surface area contributed by atoms with Crippen LogP contribution in [-0.4, -0.2) is 43.2 Å². The van der Waals surface area contributed by atoms with E-state index in [-0.39, 0.29) is 24.9 Å². The summed E-state index contributed by atoms with van der Waals surface area (Å²) in [5.74, 6) is -0.169. The summed E-state index contributed by atoms with van der Waals surface area (Å²) in [4.78, 5) is 22.0. The Labute approximate surface area is 109 Å². The van der Waals surface area contributed by atoms with Crippen LogP contribution in [0.15, 0.2) is 0 Å². The average molecular weight is 259 g/mol. The highest BCUT2D eigenvalue weighted by Gasteiger charge is 2.31. The molecule has 0 atom stereocenters. The topological polar surface area (TPSA) is 64.6 Å². The van der Waals surface area contributed by atoms with E-state index in [2.05, 4.69) is 5.32 Å². The van der Waals surface area contributed by atoms with E-state index in [9.17, 15) is 9.59 Å². The molecular weight excluding hydrogens is 234 g/mol. The second-order valence-electron chi connectivity index (χ2n) is 5.65. The van der Waals surface area contributed by atoms with Crippen LogP contribution in [0.1, 0.15) is 41.0 Å². The lowest BCUT2D eigenvalue weighted by atomic mass is 9.92. The smallest absolute Gasteiger partial charge is 0.245 e. The number of carbonyl (C=O) groups is 2. The van der Waals surface area contributed by atoms with Crippen molar-refractivity contribution in [3.8, 4) is 0 Å². The molecule has 1 N–H and O–H groups in total. The number of hydrogen-bond acceptors (Lipinski definition) is 4. The van der Waals surface area contributed by atoms with Gasteiger partial charge in [-0.25, -0.2) is 0 Å². The molecule has 0 aliphatic carbocycles. The number of amides is 1. The second kappa shape index (κ2) is 6.85. The van der Waals surface area contributed by atoms with Crippen LogP contribution in [0, 0.1) is 0 Å². The molecule has 0 saturated carbocycles.